The molecule has 0 radical (unpaired) electrons. The number of methoxy groups -OCH3 is 1. The Morgan fingerprint density at radius 1 is 1.21 bits per heavy atom. The van der Waals surface area contributed by atoms with Crippen LogP contribution in [-0.4, -0.2) is 19.4 Å². The first-order chi connectivity index (χ1) is 6.63. The highest BCUT2D eigenvalue weighted by atomic mass is 16.7. The zero-order chi connectivity index (χ0) is 10.3. The third-order valence-electron chi connectivity index (χ3n) is 4.25. The molecule has 0 heterocycles. The minimum atomic E-state index is -0.526. The van der Waals surface area contributed by atoms with Crippen LogP contribution in [0.15, 0.2) is 0 Å². The number of carbonyl (C=O) groups excluding carboxylic acids is 1. The van der Waals surface area contributed by atoms with Crippen LogP contribution < -0.4 is 0 Å². The van der Waals surface area contributed by atoms with Gasteiger partial charge < -0.3 is 9.47 Å². The predicted octanol–water partition coefficient (Wildman–Crippen LogP) is 2.45. The van der Waals surface area contributed by atoms with Crippen LogP contribution in [0, 0.1) is 23.7 Å². The topological polar surface area (TPSA) is 35.5 Å². The second-order valence-electron chi connectivity index (χ2n) is 4.72. The maximum absolute atomic E-state index is 11.0. The van der Waals surface area contributed by atoms with Gasteiger partial charge in [-0.05, 0) is 36.5 Å². The van der Waals surface area contributed by atoms with E-state index in [-0.39, 0.29) is 6.10 Å². The SMILES string of the molecule is COC(=O)OC1CC2CC1C(C)C2C. The van der Waals surface area contributed by atoms with E-state index >= 15 is 0 Å². The standard InChI is InChI=1S/C11H18O3/c1-6-7(2)9-4-8(6)5-10(9)14-11(12)13-3/h6-10H,4-5H2,1-3H3. The van der Waals surface area contributed by atoms with Crippen molar-refractivity contribution < 1.29 is 14.3 Å². The van der Waals surface area contributed by atoms with Crippen molar-refractivity contribution in [3.63, 3.8) is 0 Å². The summed E-state index contributed by atoms with van der Waals surface area (Å²) in [5.74, 6) is 2.79. The quantitative estimate of drug-likeness (QED) is 0.607. The normalized spacial score (nSPS) is 45.2. The fraction of sp³-hybridized carbons (Fsp3) is 0.909. The first-order valence-corrected chi connectivity index (χ1v) is 5.38. The summed E-state index contributed by atoms with van der Waals surface area (Å²) in [5.41, 5.74) is 0. The van der Waals surface area contributed by atoms with Gasteiger partial charge in [0, 0.05) is 0 Å². The van der Waals surface area contributed by atoms with Crippen molar-refractivity contribution in [3.05, 3.63) is 0 Å². The minimum absolute atomic E-state index is 0.110. The summed E-state index contributed by atoms with van der Waals surface area (Å²) in [6.07, 6.45) is 1.84. The maximum Gasteiger partial charge on any atom is 0.508 e. The number of fused-ring (bicyclic) bond motifs is 2. The molecule has 3 heteroatoms. The molecule has 2 fully saturated rings. The van der Waals surface area contributed by atoms with Crippen molar-refractivity contribution in [2.45, 2.75) is 32.8 Å². The predicted molar refractivity (Wildman–Crippen MR) is 51.8 cm³/mol. The molecule has 0 aromatic rings. The Labute approximate surface area is 84.8 Å². The lowest BCUT2D eigenvalue weighted by molar-refractivity contribution is -0.00279. The number of hydrogen-bond donors (Lipinski definition) is 0. The summed E-state index contributed by atoms with van der Waals surface area (Å²) in [6.45, 7) is 4.58. The molecule has 0 aromatic carbocycles. The van der Waals surface area contributed by atoms with E-state index < -0.39 is 6.16 Å². The Morgan fingerprint density at radius 3 is 2.43 bits per heavy atom. The van der Waals surface area contributed by atoms with Gasteiger partial charge in [0.25, 0.3) is 0 Å². The van der Waals surface area contributed by atoms with Crippen molar-refractivity contribution in [1.29, 1.82) is 0 Å². The number of rotatable bonds is 1. The molecule has 0 aliphatic heterocycles. The van der Waals surface area contributed by atoms with Gasteiger partial charge in [-0.1, -0.05) is 13.8 Å². The monoisotopic (exact) mass is 198 g/mol. The van der Waals surface area contributed by atoms with Crippen LogP contribution in [0.25, 0.3) is 0 Å². The highest BCUT2D eigenvalue weighted by Gasteiger charge is 2.50. The first-order valence-electron chi connectivity index (χ1n) is 5.38. The zero-order valence-corrected chi connectivity index (χ0v) is 9.03. The van der Waals surface area contributed by atoms with E-state index in [9.17, 15) is 4.79 Å². The van der Waals surface area contributed by atoms with Crippen LogP contribution in [0.1, 0.15) is 26.7 Å². The number of hydrogen-bond acceptors (Lipinski definition) is 3. The Hall–Kier alpha value is -0.730. The number of ether oxygens (including phenoxy) is 2. The molecule has 14 heavy (non-hydrogen) atoms. The summed E-state index contributed by atoms with van der Waals surface area (Å²) in [7, 11) is 1.36. The molecule has 80 valence electrons. The van der Waals surface area contributed by atoms with E-state index in [2.05, 4.69) is 18.6 Å². The summed E-state index contributed by atoms with van der Waals surface area (Å²) in [4.78, 5) is 11.0. The van der Waals surface area contributed by atoms with Gasteiger partial charge >= 0.3 is 6.16 Å². The van der Waals surface area contributed by atoms with Crippen molar-refractivity contribution in [1.82, 2.24) is 0 Å². The summed E-state index contributed by atoms with van der Waals surface area (Å²) in [5, 5.41) is 0. The molecule has 0 saturated heterocycles. The van der Waals surface area contributed by atoms with E-state index in [1.807, 2.05) is 0 Å². The van der Waals surface area contributed by atoms with Gasteiger partial charge in [0.05, 0.1) is 7.11 Å². The summed E-state index contributed by atoms with van der Waals surface area (Å²) in [6, 6.07) is 0. The fourth-order valence-corrected chi connectivity index (χ4v) is 3.18. The largest absolute Gasteiger partial charge is 0.508 e. The van der Waals surface area contributed by atoms with E-state index in [0.717, 1.165) is 18.3 Å². The molecule has 0 N–H and O–H groups in total. The van der Waals surface area contributed by atoms with Gasteiger partial charge in [-0.2, -0.15) is 0 Å². The lowest BCUT2D eigenvalue weighted by Crippen LogP contribution is -2.32. The van der Waals surface area contributed by atoms with Gasteiger partial charge in [0.2, 0.25) is 0 Å². The second kappa shape index (κ2) is 3.44. The van der Waals surface area contributed by atoms with E-state index in [4.69, 9.17) is 4.74 Å². The molecular formula is C11H18O3. The molecule has 2 saturated carbocycles. The summed E-state index contributed by atoms with van der Waals surface area (Å²) >= 11 is 0. The van der Waals surface area contributed by atoms with Crippen LogP contribution in [-0.2, 0) is 9.47 Å². The average molecular weight is 198 g/mol. The second-order valence-corrected chi connectivity index (χ2v) is 4.72. The minimum Gasteiger partial charge on any atom is -0.438 e. The van der Waals surface area contributed by atoms with Gasteiger partial charge in [0.15, 0.2) is 0 Å². The Morgan fingerprint density at radius 2 is 1.93 bits per heavy atom. The molecule has 0 amide bonds. The molecular weight excluding hydrogens is 180 g/mol. The van der Waals surface area contributed by atoms with Crippen molar-refractivity contribution in [3.8, 4) is 0 Å². The molecule has 2 aliphatic carbocycles. The third kappa shape index (κ3) is 1.39. The molecule has 2 bridgehead atoms. The van der Waals surface area contributed by atoms with Gasteiger partial charge in [-0.25, -0.2) is 4.79 Å². The van der Waals surface area contributed by atoms with E-state index in [1.165, 1.54) is 13.5 Å². The van der Waals surface area contributed by atoms with Crippen molar-refractivity contribution >= 4 is 6.16 Å². The Kier molecular flexibility index (Phi) is 2.41. The molecule has 5 unspecified atom stereocenters. The molecule has 0 spiro atoms. The first kappa shape index (κ1) is 9.81. The zero-order valence-electron chi connectivity index (χ0n) is 9.03. The van der Waals surface area contributed by atoms with Crippen molar-refractivity contribution in [2.75, 3.05) is 7.11 Å². The molecule has 2 aliphatic rings. The highest BCUT2D eigenvalue weighted by Crippen LogP contribution is 2.52. The van der Waals surface area contributed by atoms with Gasteiger partial charge in [0.1, 0.15) is 6.10 Å². The van der Waals surface area contributed by atoms with E-state index in [0.29, 0.717) is 11.8 Å². The third-order valence-corrected chi connectivity index (χ3v) is 4.25. The van der Waals surface area contributed by atoms with E-state index in [1.54, 1.807) is 0 Å². The fourth-order valence-electron chi connectivity index (χ4n) is 3.18. The van der Waals surface area contributed by atoms with Crippen LogP contribution in [0.4, 0.5) is 4.79 Å². The molecule has 0 aromatic heterocycles. The average Bonchev–Trinajstić information content (AvgIpc) is 2.68. The lowest BCUT2D eigenvalue weighted by atomic mass is 9.80. The van der Waals surface area contributed by atoms with Gasteiger partial charge in [-0.3, -0.25) is 0 Å². The smallest absolute Gasteiger partial charge is 0.438 e. The lowest BCUT2D eigenvalue weighted by Gasteiger charge is -2.30. The molecule has 5 atom stereocenters. The Bertz CT molecular complexity index is 237. The Balaban J connectivity index is 1.96. The van der Waals surface area contributed by atoms with Crippen LogP contribution in [0.5, 0.6) is 0 Å². The van der Waals surface area contributed by atoms with Crippen LogP contribution >= 0.6 is 0 Å². The van der Waals surface area contributed by atoms with Crippen LogP contribution in [0.2, 0.25) is 0 Å². The highest BCUT2D eigenvalue weighted by molar-refractivity contribution is 5.59. The maximum atomic E-state index is 11.0. The molecule has 2 rings (SSSR count). The van der Waals surface area contributed by atoms with Crippen LogP contribution in [0.3, 0.4) is 0 Å². The number of carbonyl (C=O) groups is 1. The summed E-state index contributed by atoms with van der Waals surface area (Å²) < 4.78 is 9.77. The van der Waals surface area contributed by atoms with Crippen molar-refractivity contribution in [2.24, 2.45) is 23.7 Å². The molecule has 3 nitrogen and oxygen atoms in total. The van der Waals surface area contributed by atoms with Gasteiger partial charge in [-0.15, -0.1) is 0 Å².